The van der Waals surface area contributed by atoms with Crippen LogP contribution in [0.4, 0.5) is 5.69 Å². The minimum Gasteiger partial charge on any atom is -0.354 e. The maximum Gasteiger partial charge on any atom is 0.240 e. The molecule has 1 aliphatic carbocycles. The summed E-state index contributed by atoms with van der Waals surface area (Å²) >= 11 is 0. The Morgan fingerprint density at radius 3 is 2.46 bits per heavy atom. The fraction of sp³-hybridized carbons (Fsp3) is 0.400. The highest BCUT2D eigenvalue weighted by atomic mass is 32.2. The molecule has 0 atom stereocenters. The Bertz CT molecular complexity index is 956. The number of rotatable bonds is 6. The highest BCUT2D eigenvalue weighted by molar-refractivity contribution is 7.89. The predicted octanol–water partition coefficient (Wildman–Crippen LogP) is 3.72. The molecule has 2 N–H and O–H groups in total. The van der Waals surface area contributed by atoms with Gasteiger partial charge in [0.2, 0.25) is 15.9 Å². The first-order valence-corrected chi connectivity index (χ1v) is 10.9. The summed E-state index contributed by atoms with van der Waals surface area (Å²) in [4.78, 5) is 11.6. The van der Waals surface area contributed by atoms with Crippen LogP contribution >= 0.6 is 0 Å². The van der Waals surface area contributed by atoms with Crippen LogP contribution in [0.5, 0.6) is 0 Å². The molecule has 3 rings (SSSR count). The van der Waals surface area contributed by atoms with Crippen molar-refractivity contribution in [3.63, 3.8) is 0 Å². The van der Waals surface area contributed by atoms with Crippen LogP contribution in [0, 0.1) is 6.92 Å². The molecular weight excluding hydrogens is 378 g/mol. The van der Waals surface area contributed by atoms with E-state index in [1.807, 2.05) is 0 Å². The van der Waals surface area contributed by atoms with Gasteiger partial charge in [-0.25, -0.2) is 13.1 Å². The number of aromatic nitrogens is 1. The predicted molar refractivity (Wildman–Crippen MR) is 108 cm³/mol. The molecule has 150 valence electrons. The Hall–Kier alpha value is -2.45. The van der Waals surface area contributed by atoms with Crippen LogP contribution in [0.15, 0.2) is 33.7 Å². The Labute approximate surface area is 165 Å². The zero-order chi connectivity index (χ0) is 20.1. The first kappa shape index (κ1) is 20.3. The molecular formula is C20H25N3O4S. The van der Waals surface area contributed by atoms with Gasteiger partial charge in [0.05, 0.1) is 4.90 Å². The third-order valence-electron chi connectivity index (χ3n) is 4.73. The van der Waals surface area contributed by atoms with E-state index in [0.29, 0.717) is 17.1 Å². The summed E-state index contributed by atoms with van der Waals surface area (Å²) < 4.78 is 33.1. The molecule has 0 aliphatic heterocycles. The van der Waals surface area contributed by atoms with Crippen molar-refractivity contribution in [3.05, 3.63) is 41.3 Å². The summed E-state index contributed by atoms with van der Waals surface area (Å²) in [5, 5.41) is 6.55. The van der Waals surface area contributed by atoms with Gasteiger partial charge in [-0.1, -0.05) is 42.6 Å². The lowest BCUT2D eigenvalue weighted by molar-refractivity contribution is -0.114. The number of carbonyl (C=O) groups excluding carboxylic acids is 1. The quantitative estimate of drug-likeness (QED) is 0.765. The second kappa shape index (κ2) is 8.70. The topological polar surface area (TPSA) is 101 Å². The average Bonchev–Trinajstić information content (AvgIpc) is 3.00. The molecule has 0 unspecified atom stereocenters. The molecule has 8 heteroatoms. The van der Waals surface area contributed by atoms with E-state index in [4.69, 9.17) is 4.52 Å². The number of nitrogens with one attached hydrogen (secondary N) is 2. The van der Waals surface area contributed by atoms with Crippen molar-refractivity contribution in [2.24, 2.45) is 0 Å². The maximum atomic E-state index is 12.5. The third kappa shape index (κ3) is 5.08. The van der Waals surface area contributed by atoms with Gasteiger partial charge in [-0.2, -0.15) is 0 Å². The minimum absolute atomic E-state index is 0.0280. The largest absolute Gasteiger partial charge is 0.354 e. The molecule has 0 radical (unpaired) electrons. The number of amides is 1. The van der Waals surface area contributed by atoms with E-state index in [9.17, 15) is 13.2 Å². The molecule has 7 nitrogen and oxygen atoms in total. The van der Waals surface area contributed by atoms with Gasteiger partial charge in [0.25, 0.3) is 0 Å². The molecule has 1 saturated carbocycles. The van der Waals surface area contributed by atoms with Crippen molar-refractivity contribution < 1.29 is 17.7 Å². The van der Waals surface area contributed by atoms with Crippen molar-refractivity contribution in [1.29, 1.82) is 0 Å². The Kier molecular flexibility index (Phi) is 6.31. The number of hydrogen-bond donors (Lipinski definition) is 2. The van der Waals surface area contributed by atoms with Crippen LogP contribution < -0.4 is 10.0 Å². The normalized spacial score (nSPS) is 15.8. The maximum absolute atomic E-state index is 12.5. The summed E-state index contributed by atoms with van der Waals surface area (Å²) in [5.74, 6) is 0.226. The van der Waals surface area contributed by atoms with Gasteiger partial charge in [0, 0.05) is 13.0 Å². The molecule has 1 aliphatic rings. The molecule has 28 heavy (non-hydrogen) atoms. The molecule has 1 heterocycles. The van der Waals surface area contributed by atoms with E-state index in [1.165, 1.54) is 13.3 Å². The highest BCUT2D eigenvalue weighted by Gasteiger charge is 2.21. The zero-order valence-electron chi connectivity index (χ0n) is 16.1. The first-order valence-electron chi connectivity index (χ1n) is 9.39. The summed E-state index contributed by atoms with van der Waals surface area (Å²) in [5.41, 5.74) is 1.92. The smallest absolute Gasteiger partial charge is 0.240 e. The number of hydrogen-bond acceptors (Lipinski definition) is 5. The van der Waals surface area contributed by atoms with Crippen LogP contribution in [-0.4, -0.2) is 25.5 Å². The Morgan fingerprint density at radius 2 is 1.82 bits per heavy atom. The van der Waals surface area contributed by atoms with Gasteiger partial charge < -0.3 is 9.84 Å². The van der Waals surface area contributed by atoms with Crippen LogP contribution in [-0.2, 0) is 14.8 Å². The second-order valence-electron chi connectivity index (χ2n) is 7.05. The number of carbonyl (C=O) groups is 1. The minimum atomic E-state index is -3.51. The van der Waals surface area contributed by atoms with Crippen molar-refractivity contribution in [1.82, 2.24) is 9.88 Å². The number of aryl methyl sites for hydroxylation is 1. The molecule has 1 amide bonds. The van der Waals surface area contributed by atoms with E-state index < -0.39 is 10.0 Å². The summed E-state index contributed by atoms with van der Waals surface area (Å²) in [6.45, 7) is 3.16. The number of nitrogens with zero attached hydrogens (tertiary/aromatic N) is 1. The second-order valence-corrected chi connectivity index (χ2v) is 8.76. The van der Waals surface area contributed by atoms with Crippen LogP contribution in [0.3, 0.4) is 0 Å². The van der Waals surface area contributed by atoms with E-state index in [2.05, 4.69) is 15.2 Å². The van der Waals surface area contributed by atoms with E-state index in [0.717, 1.165) is 31.2 Å². The lowest BCUT2D eigenvalue weighted by Gasteiger charge is -2.22. The summed E-state index contributed by atoms with van der Waals surface area (Å²) in [6, 6.07) is 6.66. The third-order valence-corrected chi connectivity index (χ3v) is 6.27. The number of benzene rings is 1. The molecule has 2 aromatic rings. The molecule has 0 spiro atoms. The lowest BCUT2D eigenvalue weighted by atomic mass is 9.96. The van der Waals surface area contributed by atoms with E-state index in [-0.39, 0.29) is 16.8 Å². The molecule has 1 fully saturated rings. The number of anilines is 1. The fourth-order valence-electron chi connectivity index (χ4n) is 3.27. The van der Waals surface area contributed by atoms with Gasteiger partial charge in [0.15, 0.2) is 5.76 Å². The van der Waals surface area contributed by atoms with Gasteiger partial charge in [-0.15, -0.1) is 0 Å². The van der Waals surface area contributed by atoms with Crippen LogP contribution in [0.25, 0.3) is 12.2 Å². The fourth-order valence-corrected chi connectivity index (χ4v) is 4.57. The van der Waals surface area contributed by atoms with Crippen LogP contribution in [0.1, 0.15) is 56.0 Å². The SMILES string of the molecule is CC(=O)Nc1c(C)noc1/C=C\c1ccc(S(=O)(=O)NC2CCCCC2)cc1. The van der Waals surface area contributed by atoms with Crippen molar-refractivity contribution in [2.45, 2.75) is 56.9 Å². The van der Waals surface area contributed by atoms with Gasteiger partial charge in [-0.3, -0.25) is 4.79 Å². The van der Waals surface area contributed by atoms with E-state index >= 15 is 0 Å². The molecule has 0 bridgehead atoms. The zero-order valence-corrected chi connectivity index (χ0v) is 16.9. The summed E-state index contributed by atoms with van der Waals surface area (Å²) in [7, 11) is -3.51. The summed E-state index contributed by atoms with van der Waals surface area (Å²) in [6.07, 6.45) is 8.57. The molecule has 1 aromatic carbocycles. The van der Waals surface area contributed by atoms with E-state index in [1.54, 1.807) is 43.3 Å². The molecule has 1 aromatic heterocycles. The van der Waals surface area contributed by atoms with Crippen molar-refractivity contribution in [2.75, 3.05) is 5.32 Å². The van der Waals surface area contributed by atoms with Crippen molar-refractivity contribution >= 4 is 33.8 Å². The Balaban J connectivity index is 1.71. The monoisotopic (exact) mass is 403 g/mol. The first-order chi connectivity index (χ1) is 13.3. The highest BCUT2D eigenvalue weighted by Crippen LogP contribution is 2.23. The van der Waals surface area contributed by atoms with Gasteiger partial charge in [0.1, 0.15) is 11.4 Å². The van der Waals surface area contributed by atoms with Crippen LogP contribution in [0.2, 0.25) is 0 Å². The molecule has 0 saturated heterocycles. The lowest BCUT2D eigenvalue weighted by Crippen LogP contribution is -2.36. The van der Waals surface area contributed by atoms with Crippen molar-refractivity contribution in [3.8, 4) is 0 Å². The van der Waals surface area contributed by atoms with Gasteiger partial charge in [-0.05, 0) is 43.5 Å². The standard InChI is InChI=1S/C20H25N3O4S/c1-14-20(21-15(2)24)19(27-22-14)13-10-16-8-11-18(12-9-16)28(25,26)23-17-6-4-3-5-7-17/h8-13,17,23H,3-7H2,1-2H3,(H,21,24)/b13-10-. The average molecular weight is 404 g/mol. The Morgan fingerprint density at radius 1 is 1.14 bits per heavy atom. The van der Waals surface area contributed by atoms with Gasteiger partial charge >= 0.3 is 0 Å². The number of sulfonamides is 1.